The van der Waals surface area contributed by atoms with Crippen molar-refractivity contribution < 1.29 is 28.2 Å². The fourth-order valence-electron chi connectivity index (χ4n) is 1.81. The molecule has 1 aromatic carbocycles. The summed E-state index contributed by atoms with van der Waals surface area (Å²) in [4.78, 5) is 10.8. The highest BCUT2D eigenvalue weighted by Gasteiger charge is 2.56. The van der Waals surface area contributed by atoms with Crippen molar-refractivity contribution in [1.29, 1.82) is 0 Å². The summed E-state index contributed by atoms with van der Waals surface area (Å²) in [5.41, 5.74) is 0.0814. The van der Waals surface area contributed by atoms with Crippen molar-refractivity contribution in [2.24, 2.45) is 5.92 Å². The van der Waals surface area contributed by atoms with Crippen molar-refractivity contribution in [3.63, 3.8) is 0 Å². The van der Waals surface area contributed by atoms with Crippen LogP contribution in [0.3, 0.4) is 0 Å². The molecule has 6 heteroatoms. The van der Waals surface area contributed by atoms with Gasteiger partial charge in [0, 0.05) is 12.3 Å². The summed E-state index contributed by atoms with van der Waals surface area (Å²) in [6, 6.07) is 4.18. The van der Waals surface area contributed by atoms with E-state index in [9.17, 15) is 13.6 Å². The molecule has 0 saturated heterocycles. The third-order valence-corrected chi connectivity index (χ3v) is 3.09. The summed E-state index contributed by atoms with van der Waals surface area (Å²) in [5, 5.41) is 8.83. The molecule has 0 spiro atoms. The minimum absolute atomic E-state index is 0.0779. The second kappa shape index (κ2) is 5.03. The van der Waals surface area contributed by atoms with Crippen LogP contribution >= 0.6 is 0 Å². The summed E-state index contributed by atoms with van der Waals surface area (Å²) < 4.78 is 35.7. The van der Waals surface area contributed by atoms with Crippen LogP contribution in [0.15, 0.2) is 18.2 Å². The predicted molar refractivity (Wildman–Crippen MR) is 63.1 cm³/mol. The van der Waals surface area contributed by atoms with Gasteiger partial charge in [-0.15, -0.1) is 0 Å². The molecular formula is C13H14F2O4. The molecule has 1 aromatic rings. The number of halogens is 2. The number of carboxylic acids is 1. The number of aromatic carboxylic acids is 1. The lowest BCUT2D eigenvalue weighted by atomic mass is 10.2. The third kappa shape index (κ3) is 3.13. The van der Waals surface area contributed by atoms with Gasteiger partial charge in [0.2, 0.25) is 0 Å². The Morgan fingerprint density at radius 1 is 1.47 bits per heavy atom. The summed E-state index contributed by atoms with van der Waals surface area (Å²) in [6.07, 6.45) is 0.197. The smallest absolute Gasteiger partial charge is 0.335 e. The van der Waals surface area contributed by atoms with Crippen LogP contribution in [-0.2, 0) is 0 Å². The van der Waals surface area contributed by atoms with E-state index in [2.05, 4.69) is 0 Å². The molecule has 0 radical (unpaired) electrons. The fourth-order valence-corrected chi connectivity index (χ4v) is 1.81. The van der Waals surface area contributed by atoms with E-state index in [-0.39, 0.29) is 30.8 Å². The Morgan fingerprint density at radius 3 is 2.68 bits per heavy atom. The number of methoxy groups -OCH3 is 1. The van der Waals surface area contributed by atoms with E-state index in [1.165, 1.54) is 25.3 Å². The number of ether oxygens (including phenoxy) is 2. The average molecular weight is 272 g/mol. The van der Waals surface area contributed by atoms with Gasteiger partial charge in [-0.2, -0.15) is 0 Å². The van der Waals surface area contributed by atoms with E-state index in [4.69, 9.17) is 14.6 Å². The zero-order valence-corrected chi connectivity index (χ0v) is 10.4. The lowest BCUT2D eigenvalue weighted by Crippen LogP contribution is -2.04. The zero-order valence-electron chi connectivity index (χ0n) is 10.4. The minimum Gasteiger partial charge on any atom is -0.493 e. The van der Waals surface area contributed by atoms with E-state index < -0.39 is 17.8 Å². The Hall–Kier alpha value is -1.85. The largest absolute Gasteiger partial charge is 0.493 e. The molecule has 1 unspecified atom stereocenters. The molecule has 104 valence electrons. The van der Waals surface area contributed by atoms with Crippen LogP contribution in [0.5, 0.6) is 11.5 Å². The molecule has 0 amide bonds. The molecule has 0 aliphatic heterocycles. The van der Waals surface area contributed by atoms with Gasteiger partial charge in [-0.25, -0.2) is 13.6 Å². The first-order valence-corrected chi connectivity index (χ1v) is 5.86. The molecule has 1 aliphatic rings. The first-order valence-electron chi connectivity index (χ1n) is 5.86. The number of hydrogen-bond acceptors (Lipinski definition) is 3. The summed E-state index contributed by atoms with van der Waals surface area (Å²) in [6.45, 7) is 0.156. The van der Waals surface area contributed by atoms with Crippen LogP contribution in [0.1, 0.15) is 23.2 Å². The number of carboxylic acid groups (broad SMARTS) is 1. The highest BCUT2D eigenvalue weighted by atomic mass is 19.3. The van der Waals surface area contributed by atoms with Crippen molar-refractivity contribution in [2.45, 2.75) is 18.8 Å². The predicted octanol–water partition coefficient (Wildman–Crippen LogP) is 2.82. The molecule has 0 aromatic heterocycles. The molecule has 2 rings (SSSR count). The van der Waals surface area contributed by atoms with Crippen molar-refractivity contribution in [2.75, 3.05) is 13.7 Å². The third-order valence-electron chi connectivity index (χ3n) is 3.09. The molecule has 1 fully saturated rings. The maximum absolute atomic E-state index is 12.7. The van der Waals surface area contributed by atoms with Gasteiger partial charge in [0.1, 0.15) is 0 Å². The Balaban J connectivity index is 1.94. The number of hydrogen-bond donors (Lipinski definition) is 1. The van der Waals surface area contributed by atoms with Crippen molar-refractivity contribution in [3.05, 3.63) is 23.8 Å². The maximum Gasteiger partial charge on any atom is 0.335 e. The van der Waals surface area contributed by atoms with E-state index in [0.717, 1.165) is 0 Å². The van der Waals surface area contributed by atoms with Gasteiger partial charge >= 0.3 is 5.97 Å². The first kappa shape index (κ1) is 13.6. The minimum atomic E-state index is -2.54. The van der Waals surface area contributed by atoms with Crippen LogP contribution < -0.4 is 9.47 Å². The summed E-state index contributed by atoms with van der Waals surface area (Å²) in [5.74, 6) is -3.57. The van der Waals surface area contributed by atoms with Crippen LogP contribution in [0.4, 0.5) is 8.78 Å². The van der Waals surface area contributed by atoms with E-state index in [0.29, 0.717) is 5.75 Å². The van der Waals surface area contributed by atoms with Crippen molar-refractivity contribution in [3.8, 4) is 11.5 Å². The molecule has 1 atom stereocenters. The molecule has 1 saturated carbocycles. The van der Waals surface area contributed by atoms with Gasteiger partial charge in [-0.05, 0) is 24.6 Å². The van der Waals surface area contributed by atoms with E-state index in [1.54, 1.807) is 0 Å². The second-order valence-corrected chi connectivity index (χ2v) is 4.47. The Bertz CT molecular complexity index is 488. The highest BCUT2D eigenvalue weighted by molar-refractivity contribution is 5.88. The van der Waals surface area contributed by atoms with Gasteiger partial charge in [-0.3, -0.25) is 0 Å². The SMILES string of the molecule is COc1cc(C(=O)O)ccc1OCCC1CC1(F)F. The molecule has 4 nitrogen and oxygen atoms in total. The quantitative estimate of drug-likeness (QED) is 0.865. The molecule has 0 heterocycles. The fraction of sp³-hybridized carbons (Fsp3) is 0.462. The monoisotopic (exact) mass is 272 g/mol. The number of alkyl halides is 2. The number of rotatable bonds is 6. The molecular weight excluding hydrogens is 258 g/mol. The van der Waals surface area contributed by atoms with Gasteiger partial charge < -0.3 is 14.6 Å². The standard InChI is InChI=1S/C13H14F2O4/c1-18-11-6-8(12(16)17)2-3-10(11)19-5-4-9-7-13(9,14)15/h2-3,6,9H,4-5,7H2,1H3,(H,16,17). The second-order valence-electron chi connectivity index (χ2n) is 4.47. The van der Waals surface area contributed by atoms with Crippen LogP contribution in [0.25, 0.3) is 0 Å². The summed E-state index contributed by atoms with van der Waals surface area (Å²) in [7, 11) is 1.39. The lowest BCUT2D eigenvalue weighted by Gasteiger charge is -2.11. The average Bonchev–Trinajstić information content (AvgIpc) is 2.97. The van der Waals surface area contributed by atoms with E-state index >= 15 is 0 Å². The molecule has 1 aliphatic carbocycles. The molecule has 1 N–H and O–H groups in total. The van der Waals surface area contributed by atoms with Gasteiger partial charge in [0.15, 0.2) is 11.5 Å². The topological polar surface area (TPSA) is 55.8 Å². The van der Waals surface area contributed by atoms with E-state index in [1.807, 2.05) is 0 Å². The number of benzene rings is 1. The van der Waals surface area contributed by atoms with Crippen LogP contribution in [-0.4, -0.2) is 30.7 Å². The number of carbonyl (C=O) groups is 1. The van der Waals surface area contributed by atoms with Gasteiger partial charge in [0.25, 0.3) is 5.92 Å². The van der Waals surface area contributed by atoms with Crippen molar-refractivity contribution in [1.82, 2.24) is 0 Å². The van der Waals surface area contributed by atoms with Crippen molar-refractivity contribution >= 4 is 5.97 Å². The zero-order chi connectivity index (χ0) is 14.0. The Morgan fingerprint density at radius 2 is 2.16 bits per heavy atom. The van der Waals surface area contributed by atoms with Gasteiger partial charge in [0.05, 0.1) is 19.3 Å². The first-order chi connectivity index (χ1) is 8.94. The van der Waals surface area contributed by atoms with Crippen LogP contribution in [0.2, 0.25) is 0 Å². The molecule has 0 bridgehead atoms. The summed E-state index contributed by atoms with van der Waals surface area (Å²) >= 11 is 0. The maximum atomic E-state index is 12.7. The van der Waals surface area contributed by atoms with Crippen LogP contribution in [0, 0.1) is 5.92 Å². The Labute approximate surface area is 108 Å². The van der Waals surface area contributed by atoms with Gasteiger partial charge in [-0.1, -0.05) is 0 Å². The Kier molecular flexibility index (Phi) is 3.59. The highest BCUT2D eigenvalue weighted by Crippen LogP contribution is 2.50. The molecule has 19 heavy (non-hydrogen) atoms. The lowest BCUT2D eigenvalue weighted by molar-refractivity contribution is 0.0696. The normalized spacial score (nSPS) is 19.8.